The van der Waals surface area contributed by atoms with Gasteiger partial charge in [0, 0.05) is 18.7 Å². The van der Waals surface area contributed by atoms with Crippen LogP contribution in [0.15, 0.2) is 23.1 Å². The molecule has 0 radical (unpaired) electrons. The number of hydrogen-bond donors (Lipinski definition) is 2. The van der Waals surface area contributed by atoms with Gasteiger partial charge in [-0.2, -0.15) is 0 Å². The summed E-state index contributed by atoms with van der Waals surface area (Å²) in [6, 6.07) is 4.35. The fraction of sp³-hybridized carbons (Fsp3) is 0.462. The summed E-state index contributed by atoms with van der Waals surface area (Å²) in [6.07, 6.45) is 1.82. The highest BCUT2D eigenvalue weighted by molar-refractivity contribution is 7.89. The quantitative estimate of drug-likeness (QED) is 0.848. The van der Waals surface area contributed by atoms with Crippen molar-refractivity contribution in [1.82, 2.24) is 5.32 Å². The molecule has 0 bridgehead atoms. The van der Waals surface area contributed by atoms with Gasteiger partial charge in [-0.15, -0.1) is 0 Å². The van der Waals surface area contributed by atoms with Crippen molar-refractivity contribution in [2.75, 3.05) is 7.11 Å². The van der Waals surface area contributed by atoms with E-state index in [4.69, 9.17) is 9.88 Å². The maximum absolute atomic E-state index is 12.1. The minimum atomic E-state index is -3.74. The van der Waals surface area contributed by atoms with E-state index in [1.807, 2.05) is 0 Å². The minimum absolute atomic E-state index is 0.00893. The number of ether oxygens (including phenoxy) is 1. The summed E-state index contributed by atoms with van der Waals surface area (Å²) in [5.41, 5.74) is 1.04. The lowest BCUT2D eigenvalue weighted by Gasteiger charge is -2.34. The number of aryl methyl sites for hydroxylation is 1. The number of nitrogens with one attached hydrogen (secondary N) is 1. The van der Waals surface area contributed by atoms with Crippen molar-refractivity contribution in [2.24, 2.45) is 5.14 Å². The zero-order chi connectivity index (χ0) is 14.9. The van der Waals surface area contributed by atoms with Crippen molar-refractivity contribution in [3.63, 3.8) is 0 Å². The molecule has 1 aliphatic rings. The van der Waals surface area contributed by atoms with Crippen LogP contribution >= 0.6 is 0 Å². The topological polar surface area (TPSA) is 98.5 Å². The molecule has 1 amide bonds. The molecule has 1 fully saturated rings. The molecule has 110 valence electrons. The Hall–Kier alpha value is -1.44. The number of nitrogens with two attached hydrogens (primary N) is 1. The van der Waals surface area contributed by atoms with Crippen molar-refractivity contribution < 1.29 is 17.9 Å². The van der Waals surface area contributed by atoms with Gasteiger partial charge in [0.15, 0.2) is 0 Å². The standard InChI is InChI=1S/C13H18N2O4S/c1-8-5-11(20(14,17)18)3-4-12(8)13(16)15-9-6-10(7-9)19-2/h3-5,9-10H,6-7H2,1-2H3,(H,15,16)(H2,14,17,18). The Kier molecular flexibility index (Phi) is 4.12. The maximum Gasteiger partial charge on any atom is 0.251 e. The molecule has 0 heterocycles. The van der Waals surface area contributed by atoms with E-state index in [1.165, 1.54) is 18.2 Å². The van der Waals surface area contributed by atoms with Gasteiger partial charge in [0.2, 0.25) is 10.0 Å². The summed E-state index contributed by atoms with van der Waals surface area (Å²) < 4.78 is 27.6. The molecular formula is C13H18N2O4S. The highest BCUT2D eigenvalue weighted by Crippen LogP contribution is 2.23. The van der Waals surface area contributed by atoms with Crippen LogP contribution in [-0.4, -0.2) is 33.6 Å². The molecule has 0 unspecified atom stereocenters. The average molecular weight is 298 g/mol. The summed E-state index contributed by atoms with van der Waals surface area (Å²) in [6.45, 7) is 1.68. The number of benzene rings is 1. The molecule has 0 aromatic heterocycles. The molecule has 1 aromatic carbocycles. The van der Waals surface area contributed by atoms with E-state index in [0.29, 0.717) is 11.1 Å². The Morgan fingerprint density at radius 3 is 2.55 bits per heavy atom. The second-order valence-corrected chi connectivity index (χ2v) is 6.58. The molecule has 7 heteroatoms. The van der Waals surface area contributed by atoms with E-state index in [9.17, 15) is 13.2 Å². The van der Waals surface area contributed by atoms with Gasteiger partial charge < -0.3 is 10.1 Å². The molecule has 0 aliphatic heterocycles. The Labute approximate surface area is 118 Å². The predicted octanol–water partition coefficient (Wildman–Crippen LogP) is 0.550. The fourth-order valence-corrected chi connectivity index (χ4v) is 2.81. The molecule has 1 aromatic rings. The molecule has 6 nitrogen and oxygen atoms in total. The van der Waals surface area contributed by atoms with Crippen molar-refractivity contribution in [1.29, 1.82) is 0 Å². The van der Waals surface area contributed by atoms with Crippen molar-refractivity contribution in [3.8, 4) is 0 Å². The van der Waals surface area contributed by atoms with E-state index in [2.05, 4.69) is 5.32 Å². The zero-order valence-corrected chi connectivity index (χ0v) is 12.2. The molecule has 0 atom stereocenters. The molecule has 0 saturated heterocycles. The number of rotatable bonds is 4. The van der Waals surface area contributed by atoms with Gasteiger partial charge in [0.1, 0.15) is 0 Å². The first kappa shape index (κ1) is 15.0. The third kappa shape index (κ3) is 3.17. The molecule has 20 heavy (non-hydrogen) atoms. The number of amides is 1. The SMILES string of the molecule is COC1CC(NC(=O)c2ccc(S(N)(=O)=O)cc2C)C1. The summed E-state index contributed by atoms with van der Waals surface area (Å²) in [4.78, 5) is 12.1. The summed E-state index contributed by atoms with van der Waals surface area (Å²) in [5, 5.41) is 7.95. The average Bonchev–Trinajstić information content (AvgIpc) is 2.31. The lowest BCUT2D eigenvalue weighted by atomic mass is 9.89. The van der Waals surface area contributed by atoms with Crippen LogP contribution in [0.2, 0.25) is 0 Å². The summed E-state index contributed by atoms with van der Waals surface area (Å²) in [5.74, 6) is -0.206. The van der Waals surface area contributed by atoms with Crippen LogP contribution in [0.3, 0.4) is 0 Å². The predicted molar refractivity (Wildman–Crippen MR) is 73.8 cm³/mol. The Bertz CT molecular complexity index is 621. The first-order valence-electron chi connectivity index (χ1n) is 6.28. The lowest BCUT2D eigenvalue weighted by Crippen LogP contribution is -2.47. The minimum Gasteiger partial charge on any atom is -0.381 e. The maximum atomic E-state index is 12.1. The number of methoxy groups -OCH3 is 1. The second-order valence-electron chi connectivity index (χ2n) is 5.02. The molecule has 3 N–H and O–H groups in total. The van der Waals surface area contributed by atoms with E-state index < -0.39 is 10.0 Å². The Morgan fingerprint density at radius 2 is 2.05 bits per heavy atom. The van der Waals surface area contributed by atoms with Gasteiger partial charge in [-0.3, -0.25) is 4.79 Å². The molecule has 1 aliphatic carbocycles. The summed E-state index contributed by atoms with van der Waals surface area (Å²) in [7, 11) is -2.09. The van der Waals surface area contributed by atoms with Crippen LogP contribution in [0.25, 0.3) is 0 Å². The fourth-order valence-electron chi connectivity index (χ4n) is 2.21. The third-order valence-corrected chi connectivity index (χ3v) is 4.45. The lowest BCUT2D eigenvalue weighted by molar-refractivity contribution is 0.0176. The van der Waals surface area contributed by atoms with Crippen LogP contribution in [0.5, 0.6) is 0 Å². The Balaban J connectivity index is 2.08. The first-order chi connectivity index (χ1) is 9.31. The molecular weight excluding hydrogens is 280 g/mol. The first-order valence-corrected chi connectivity index (χ1v) is 7.83. The largest absolute Gasteiger partial charge is 0.381 e. The second kappa shape index (κ2) is 5.51. The zero-order valence-electron chi connectivity index (χ0n) is 11.4. The van der Waals surface area contributed by atoms with Gasteiger partial charge in [0.05, 0.1) is 11.0 Å². The summed E-state index contributed by atoms with van der Waals surface area (Å²) >= 11 is 0. The van der Waals surface area contributed by atoms with Crippen LogP contribution in [0.1, 0.15) is 28.8 Å². The number of hydrogen-bond acceptors (Lipinski definition) is 4. The number of carbonyl (C=O) groups excluding carboxylic acids is 1. The van der Waals surface area contributed by atoms with Crippen molar-refractivity contribution in [3.05, 3.63) is 29.3 Å². The van der Waals surface area contributed by atoms with Gasteiger partial charge in [-0.25, -0.2) is 13.6 Å². The third-order valence-electron chi connectivity index (χ3n) is 3.53. The normalized spacial score (nSPS) is 22.1. The van der Waals surface area contributed by atoms with E-state index in [-0.39, 0.29) is 22.9 Å². The van der Waals surface area contributed by atoms with Gasteiger partial charge in [0.25, 0.3) is 5.91 Å². The van der Waals surface area contributed by atoms with Crippen molar-refractivity contribution in [2.45, 2.75) is 36.8 Å². The van der Waals surface area contributed by atoms with Crippen molar-refractivity contribution >= 4 is 15.9 Å². The highest BCUT2D eigenvalue weighted by atomic mass is 32.2. The number of sulfonamides is 1. The number of primary sulfonamides is 1. The van der Waals surface area contributed by atoms with E-state index >= 15 is 0 Å². The van der Waals surface area contributed by atoms with Gasteiger partial charge in [-0.1, -0.05) is 0 Å². The van der Waals surface area contributed by atoms with E-state index in [1.54, 1.807) is 14.0 Å². The molecule has 1 saturated carbocycles. The van der Waals surface area contributed by atoms with Crippen LogP contribution < -0.4 is 10.5 Å². The highest BCUT2D eigenvalue weighted by Gasteiger charge is 2.30. The molecule has 2 rings (SSSR count). The Morgan fingerprint density at radius 1 is 1.40 bits per heavy atom. The van der Waals surface area contributed by atoms with Crippen LogP contribution in [-0.2, 0) is 14.8 Å². The smallest absolute Gasteiger partial charge is 0.251 e. The monoisotopic (exact) mass is 298 g/mol. The van der Waals surface area contributed by atoms with Crippen LogP contribution in [0, 0.1) is 6.92 Å². The van der Waals surface area contributed by atoms with Gasteiger partial charge >= 0.3 is 0 Å². The molecule has 0 spiro atoms. The van der Waals surface area contributed by atoms with E-state index in [0.717, 1.165) is 12.8 Å². The number of carbonyl (C=O) groups is 1. The van der Waals surface area contributed by atoms with Gasteiger partial charge in [-0.05, 0) is 43.5 Å². The van der Waals surface area contributed by atoms with Crippen LogP contribution in [0.4, 0.5) is 0 Å².